The molecule has 1 aliphatic heterocycles. The summed E-state index contributed by atoms with van der Waals surface area (Å²) in [6, 6.07) is 1.81. The highest BCUT2D eigenvalue weighted by molar-refractivity contribution is 7.99. The fraction of sp³-hybridized carbons (Fsp3) is 0.417. The largest absolute Gasteiger partial charge is 0.397 e. The Kier molecular flexibility index (Phi) is 3.56. The van der Waals surface area contributed by atoms with Crippen LogP contribution in [-0.4, -0.2) is 45.6 Å². The van der Waals surface area contributed by atoms with E-state index < -0.39 is 0 Å². The average molecular weight is 294 g/mol. The Balaban J connectivity index is 1.94. The van der Waals surface area contributed by atoms with Crippen molar-refractivity contribution in [3.63, 3.8) is 0 Å². The van der Waals surface area contributed by atoms with Crippen LogP contribution in [0.2, 0.25) is 0 Å². The molecule has 1 aliphatic rings. The van der Waals surface area contributed by atoms with E-state index in [0.717, 1.165) is 41.2 Å². The van der Waals surface area contributed by atoms with Crippen LogP contribution in [0.4, 0.5) is 5.69 Å². The molecule has 1 saturated heterocycles. The summed E-state index contributed by atoms with van der Waals surface area (Å²) in [7, 11) is 0. The Bertz CT molecular complexity index is 605. The van der Waals surface area contributed by atoms with E-state index >= 15 is 0 Å². The van der Waals surface area contributed by atoms with Crippen LogP contribution in [0.25, 0.3) is 10.2 Å². The fourth-order valence-corrected chi connectivity index (χ4v) is 4.02. The highest BCUT2D eigenvalue weighted by Gasteiger charge is 2.23. The van der Waals surface area contributed by atoms with Gasteiger partial charge in [0.15, 0.2) is 0 Å². The smallest absolute Gasteiger partial charge is 0.266 e. The molecule has 0 saturated carbocycles. The third-order valence-corrected chi connectivity index (χ3v) is 5.27. The predicted molar refractivity (Wildman–Crippen MR) is 79.7 cm³/mol. The molecule has 3 heterocycles. The van der Waals surface area contributed by atoms with Crippen LogP contribution >= 0.6 is 23.1 Å². The van der Waals surface area contributed by atoms with Gasteiger partial charge in [-0.3, -0.25) is 4.79 Å². The molecule has 100 valence electrons. The van der Waals surface area contributed by atoms with Crippen molar-refractivity contribution in [3.05, 3.63) is 17.1 Å². The van der Waals surface area contributed by atoms with Crippen LogP contribution in [0, 0.1) is 0 Å². The van der Waals surface area contributed by atoms with Crippen molar-refractivity contribution in [1.29, 1.82) is 0 Å². The summed E-state index contributed by atoms with van der Waals surface area (Å²) in [5.74, 6) is 2.15. The van der Waals surface area contributed by atoms with Crippen LogP contribution in [0.5, 0.6) is 0 Å². The lowest BCUT2D eigenvalue weighted by Crippen LogP contribution is -2.32. The maximum Gasteiger partial charge on any atom is 0.266 e. The summed E-state index contributed by atoms with van der Waals surface area (Å²) in [6.45, 7) is 1.61. The van der Waals surface area contributed by atoms with Gasteiger partial charge in [-0.05, 0) is 18.2 Å². The zero-order chi connectivity index (χ0) is 13.2. The number of carbonyl (C=O) groups is 1. The molecule has 7 heteroatoms. The number of hydrogen-bond donors (Lipinski definition) is 1. The summed E-state index contributed by atoms with van der Waals surface area (Å²) in [4.78, 5) is 15.8. The zero-order valence-electron chi connectivity index (χ0n) is 10.3. The molecule has 3 rings (SSSR count). The Morgan fingerprint density at radius 3 is 3.11 bits per heavy atom. The number of nitrogens with two attached hydrogens (primary N) is 1. The summed E-state index contributed by atoms with van der Waals surface area (Å²) in [5, 5.41) is 8.68. The van der Waals surface area contributed by atoms with E-state index in [4.69, 9.17) is 5.73 Å². The van der Waals surface area contributed by atoms with Crippen molar-refractivity contribution in [2.75, 3.05) is 30.3 Å². The maximum atomic E-state index is 12.5. The van der Waals surface area contributed by atoms with Gasteiger partial charge >= 0.3 is 0 Å². The topological polar surface area (TPSA) is 72.1 Å². The van der Waals surface area contributed by atoms with E-state index in [1.54, 1.807) is 6.20 Å². The van der Waals surface area contributed by atoms with Gasteiger partial charge in [0, 0.05) is 24.2 Å². The molecule has 0 aliphatic carbocycles. The van der Waals surface area contributed by atoms with Gasteiger partial charge in [-0.15, -0.1) is 16.4 Å². The van der Waals surface area contributed by atoms with Crippen LogP contribution in [0.15, 0.2) is 12.3 Å². The molecule has 0 unspecified atom stereocenters. The van der Waals surface area contributed by atoms with Crippen molar-refractivity contribution < 1.29 is 4.79 Å². The molecule has 0 spiro atoms. The summed E-state index contributed by atoms with van der Waals surface area (Å²) < 4.78 is 0. The van der Waals surface area contributed by atoms with Gasteiger partial charge in [0.1, 0.15) is 9.71 Å². The monoisotopic (exact) mass is 294 g/mol. The molecular formula is C12H14N4OS2. The van der Waals surface area contributed by atoms with Crippen LogP contribution in [0.1, 0.15) is 16.1 Å². The first-order valence-corrected chi connectivity index (χ1v) is 8.11. The number of carbonyl (C=O) groups excluding carboxylic acids is 1. The Hall–Kier alpha value is -1.34. The molecule has 0 atom stereocenters. The zero-order valence-corrected chi connectivity index (χ0v) is 12.0. The molecule has 0 radical (unpaired) electrons. The average Bonchev–Trinajstić information content (AvgIpc) is 2.64. The van der Waals surface area contributed by atoms with Crippen molar-refractivity contribution >= 4 is 44.9 Å². The molecule has 0 aromatic carbocycles. The Morgan fingerprint density at radius 2 is 2.26 bits per heavy atom. The first-order valence-electron chi connectivity index (χ1n) is 6.14. The predicted octanol–water partition coefficient (Wildman–Crippen LogP) is 1.85. The van der Waals surface area contributed by atoms with Gasteiger partial charge in [0.2, 0.25) is 0 Å². The molecular weight excluding hydrogens is 280 g/mol. The molecule has 1 amide bonds. The minimum Gasteiger partial charge on any atom is -0.397 e. The van der Waals surface area contributed by atoms with Crippen molar-refractivity contribution in [2.45, 2.75) is 6.42 Å². The lowest BCUT2D eigenvalue weighted by molar-refractivity contribution is 0.0774. The van der Waals surface area contributed by atoms with Gasteiger partial charge in [-0.2, -0.15) is 16.9 Å². The summed E-state index contributed by atoms with van der Waals surface area (Å²) in [6.07, 6.45) is 2.64. The fourth-order valence-electron chi connectivity index (χ4n) is 2.12. The summed E-state index contributed by atoms with van der Waals surface area (Å²) >= 11 is 3.23. The van der Waals surface area contributed by atoms with Crippen LogP contribution in [0.3, 0.4) is 0 Å². The second-order valence-electron chi connectivity index (χ2n) is 4.35. The number of aromatic nitrogens is 2. The lowest BCUT2D eigenvalue weighted by Gasteiger charge is -2.19. The normalized spacial score (nSPS) is 16.5. The number of fused-ring (bicyclic) bond motifs is 1. The summed E-state index contributed by atoms with van der Waals surface area (Å²) in [5.41, 5.74) is 6.61. The lowest BCUT2D eigenvalue weighted by atomic mass is 10.2. The highest BCUT2D eigenvalue weighted by atomic mass is 32.2. The standard InChI is InChI=1S/C12H14N4OS2/c13-9-8-2-3-14-15-11(8)19-10(9)12(17)16-4-1-6-18-7-5-16/h2-3H,1,4-7,13H2. The number of thioether (sulfide) groups is 1. The van der Waals surface area contributed by atoms with E-state index in [9.17, 15) is 4.79 Å². The third kappa shape index (κ3) is 2.40. The minimum absolute atomic E-state index is 0.0306. The highest BCUT2D eigenvalue weighted by Crippen LogP contribution is 2.32. The molecule has 2 aromatic heterocycles. The van der Waals surface area contributed by atoms with E-state index in [-0.39, 0.29) is 5.91 Å². The number of rotatable bonds is 1. The van der Waals surface area contributed by atoms with Crippen LogP contribution < -0.4 is 5.73 Å². The molecule has 0 bridgehead atoms. The van der Waals surface area contributed by atoms with E-state index in [1.165, 1.54) is 11.3 Å². The van der Waals surface area contributed by atoms with E-state index in [0.29, 0.717) is 10.6 Å². The maximum absolute atomic E-state index is 12.5. The molecule has 2 aromatic rings. The Labute approximate surface area is 119 Å². The minimum atomic E-state index is 0.0306. The van der Waals surface area contributed by atoms with E-state index in [2.05, 4.69) is 10.2 Å². The molecule has 1 fully saturated rings. The van der Waals surface area contributed by atoms with E-state index in [1.807, 2.05) is 22.7 Å². The second kappa shape index (κ2) is 5.34. The molecule has 5 nitrogen and oxygen atoms in total. The Morgan fingerprint density at radius 1 is 1.37 bits per heavy atom. The van der Waals surface area contributed by atoms with Gasteiger partial charge in [0.05, 0.1) is 11.9 Å². The van der Waals surface area contributed by atoms with Crippen molar-refractivity contribution in [2.24, 2.45) is 0 Å². The van der Waals surface area contributed by atoms with Gasteiger partial charge in [-0.25, -0.2) is 0 Å². The van der Waals surface area contributed by atoms with Gasteiger partial charge in [0.25, 0.3) is 5.91 Å². The van der Waals surface area contributed by atoms with Gasteiger partial charge < -0.3 is 10.6 Å². The SMILES string of the molecule is Nc1c(C(=O)N2CCCSCC2)sc2nnccc12. The number of amides is 1. The molecule has 19 heavy (non-hydrogen) atoms. The third-order valence-electron chi connectivity index (χ3n) is 3.12. The van der Waals surface area contributed by atoms with Crippen LogP contribution in [-0.2, 0) is 0 Å². The first kappa shape index (κ1) is 12.7. The van der Waals surface area contributed by atoms with Crippen molar-refractivity contribution in [3.8, 4) is 0 Å². The number of anilines is 1. The second-order valence-corrected chi connectivity index (χ2v) is 6.58. The number of nitrogen functional groups attached to an aromatic ring is 1. The number of hydrogen-bond acceptors (Lipinski definition) is 6. The first-order chi connectivity index (χ1) is 9.27. The number of thiophene rings is 1. The number of nitrogens with zero attached hydrogens (tertiary/aromatic N) is 3. The van der Waals surface area contributed by atoms with Crippen molar-refractivity contribution in [1.82, 2.24) is 15.1 Å². The molecule has 2 N–H and O–H groups in total. The quantitative estimate of drug-likeness (QED) is 0.869. The van der Waals surface area contributed by atoms with Gasteiger partial charge in [-0.1, -0.05) is 0 Å².